The fourth-order valence-corrected chi connectivity index (χ4v) is 5.90. The summed E-state index contributed by atoms with van der Waals surface area (Å²) in [7, 11) is 3.01. The second-order valence-electron chi connectivity index (χ2n) is 9.03. The molecule has 4 aromatic rings. The minimum atomic E-state index is -0.914. The van der Waals surface area contributed by atoms with Crippen LogP contribution < -0.4 is 24.4 Å². The predicted octanol–water partition coefficient (Wildman–Crippen LogP) is 4.64. The maximum absolute atomic E-state index is 13.9. The number of non-ortho nitro benzene ring substituents is 1. The van der Waals surface area contributed by atoms with Crippen molar-refractivity contribution in [3.63, 3.8) is 0 Å². The van der Waals surface area contributed by atoms with Crippen LogP contribution in [-0.2, 0) is 9.53 Å². The predicted molar refractivity (Wildman–Crippen MR) is 156 cm³/mol. The number of allylic oxidation sites excluding steroid dienone is 1. The number of nitro groups is 1. The molecule has 11 nitrogen and oxygen atoms in total. The van der Waals surface area contributed by atoms with Gasteiger partial charge in [0.15, 0.2) is 4.80 Å². The standard InChI is InChI=1S/C29H24ClN3O8S/c1-5-40-28(35)25-15(2)31-29-32(26(25)20-13-17(38-3)7-10-22(20)39-4)27(34)24(42-29)14-18-8-11-23(41-18)19-12-16(33(36)37)6-9-21(19)30/h6-14,26H,5H2,1-4H3/b24-14+/t26-/m0/s1. The largest absolute Gasteiger partial charge is 0.497 e. The van der Waals surface area contributed by atoms with E-state index in [9.17, 15) is 19.7 Å². The highest BCUT2D eigenvalue weighted by Crippen LogP contribution is 2.38. The van der Waals surface area contributed by atoms with Crippen molar-refractivity contribution in [3.05, 3.63) is 106 Å². The molecule has 216 valence electrons. The van der Waals surface area contributed by atoms with Crippen molar-refractivity contribution in [2.75, 3.05) is 20.8 Å². The van der Waals surface area contributed by atoms with Crippen LogP contribution in [0.1, 0.15) is 31.2 Å². The molecule has 1 atom stereocenters. The van der Waals surface area contributed by atoms with Gasteiger partial charge in [-0.05, 0) is 50.2 Å². The zero-order chi connectivity index (χ0) is 30.1. The van der Waals surface area contributed by atoms with E-state index in [4.69, 9.17) is 30.2 Å². The Bertz CT molecular complexity index is 1940. The summed E-state index contributed by atoms with van der Waals surface area (Å²) in [5, 5.41) is 11.5. The van der Waals surface area contributed by atoms with Crippen LogP contribution in [-0.4, -0.2) is 36.3 Å². The first kappa shape index (κ1) is 28.8. The lowest BCUT2D eigenvalue weighted by molar-refractivity contribution is -0.384. The second kappa shape index (κ2) is 11.7. The van der Waals surface area contributed by atoms with Crippen LogP contribution in [0.25, 0.3) is 17.4 Å². The van der Waals surface area contributed by atoms with Crippen molar-refractivity contribution in [1.29, 1.82) is 0 Å². The molecule has 0 fully saturated rings. The molecule has 1 aliphatic heterocycles. The molecule has 3 heterocycles. The number of nitro benzene ring substituents is 1. The van der Waals surface area contributed by atoms with E-state index in [1.807, 2.05) is 0 Å². The van der Waals surface area contributed by atoms with Crippen LogP contribution in [0.3, 0.4) is 0 Å². The molecular weight excluding hydrogens is 586 g/mol. The highest BCUT2D eigenvalue weighted by molar-refractivity contribution is 7.07. The molecular formula is C29H24ClN3O8S. The van der Waals surface area contributed by atoms with E-state index < -0.39 is 22.5 Å². The maximum atomic E-state index is 13.9. The number of ether oxygens (including phenoxy) is 3. The third-order valence-corrected chi connectivity index (χ3v) is 7.89. The first-order chi connectivity index (χ1) is 20.2. The van der Waals surface area contributed by atoms with E-state index in [1.54, 1.807) is 50.3 Å². The average molecular weight is 610 g/mol. The molecule has 2 aromatic carbocycles. The summed E-state index contributed by atoms with van der Waals surface area (Å²) < 4.78 is 24.0. The van der Waals surface area contributed by atoms with Crippen LogP contribution in [0.15, 0.2) is 74.0 Å². The fraction of sp³-hybridized carbons (Fsp3) is 0.207. The highest BCUT2D eigenvalue weighted by Gasteiger charge is 2.35. The van der Waals surface area contributed by atoms with E-state index in [-0.39, 0.29) is 27.4 Å². The lowest BCUT2D eigenvalue weighted by Gasteiger charge is -2.26. The van der Waals surface area contributed by atoms with Gasteiger partial charge in [-0.3, -0.25) is 19.5 Å². The highest BCUT2D eigenvalue weighted by atomic mass is 35.5. The van der Waals surface area contributed by atoms with Crippen molar-refractivity contribution in [1.82, 2.24) is 4.57 Å². The SMILES string of the molecule is CCOC(=O)C1=C(C)N=c2s/c(=C/c3ccc(-c4cc([N+](=O)[O-])ccc4Cl)o3)c(=O)n2[C@H]1c1cc(OC)ccc1OC. The Kier molecular flexibility index (Phi) is 8.01. The van der Waals surface area contributed by atoms with Crippen LogP contribution >= 0.6 is 22.9 Å². The zero-order valence-electron chi connectivity index (χ0n) is 22.9. The number of methoxy groups -OCH3 is 2. The van der Waals surface area contributed by atoms with Crippen LogP contribution in [0, 0.1) is 10.1 Å². The molecule has 0 bridgehead atoms. The Morgan fingerprint density at radius 2 is 1.98 bits per heavy atom. The van der Waals surface area contributed by atoms with E-state index in [2.05, 4.69) is 4.99 Å². The average Bonchev–Trinajstić information content (AvgIpc) is 3.56. The van der Waals surface area contributed by atoms with Gasteiger partial charge in [0.25, 0.3) is 11.2 Å². The smallest absolute Gasteiger partial charge is 0.338 e. The molecule has 0 saturated carbocycles. The Morgan fingerprint density at radius 1 is 1.19 bits per heavy atom. The lowest BCUT2D eigenvalue weighted by atomic mass is 9.95. The number of carbonyl (C=O) groups is 1. The third-order valence-electron chi connectivity index (χ3n) is 6.57. The molecule has 0 N–H and O–H groups in total. The second-order valence-corrected chi connectivity index (χ2v) is 10.4. The Morgan fingerprint density at radius 3 is 2.67 bits per heavy atom. The van der Waals surface area contributed by atoms with Gasteiger partial charge >= 0.3 is 5.97 Å². The zero-order valence-corrected chi connectivity index (χ0v) is 24.4. The van der Waals surface area contributed by atoms with Gasteiger partial charge in [-0.2, -0.15) is 0 Å². The number of aromatic nitrogens is 1. The van der Waals surface area contributed by atoms with Crippen LogP contribution in [0.2, 0.25) is 5.02 Å². The lowest BCUT2D eigenvalue weighted by Crippen LogP contribution is -2.40. The number of halogens is 1. The molecule has 0 unspecified atom stereocenters. The summed E-state index contributed by atoms with van der Waals surface area (Å²) in [5.74, 6) is 0.953. The monoisotopic (exact) mass is 609 g/mol. The number of carbonyl (C=O) groups excluding carboxylic acids is 1. The Balaban J connectivity index is 1.67. The minimum Gasteiger partial charge on any atom is -0.497 e. The molecule has 0 amide bonds. The number of benzene rings is 2. The molecule has 0 saturated heterocycles. The third kappa shape index (κ3) is 5.21. The number of thiazole rings is 1. The van der Waals surface area contributed by atoms with Gasteiger partial charge < -0.3 is 18.6 Å². The number of nitrogens with zero attached hydrogens (tertiary/aromatic N) is 3. The van der Waals surface area contributed by atoms with E-state index in [1.165, 1.54) is 37.0 Å². The van der Waals surface area contributed by atoms with Crippen LogP contribution in [0.4, 0.5) is 5.69 Å². The van der Waals surface area contributed by atoms with Gasteiger partial charge in [0.05, 0.1) is 46.6 Å². The Hall–Kier alpha value is -4.68. The molecule has 2 aromatic heterocycles. The van der Waals surface area contributed by atoms with Crippen molar-refractivity contribution in [2.24, 2.45) is 4.99 Å². The summed E-state index contributed by atoms with van der Waals surface area (Å²) >= 11 is 7.40. The molecule has 42 heavy (non-hydrogen) atoms. The van der Waals surface area contributed by atoms with Crippen molar-refractivity contribution in [2.45, 2.75) is 19.9 Å². The molecule has 13 heteroatoms. The molecule has 0 radical (unpaired) electrons. The summed E-state index contributed by atoms with van der Waals surface area (Å²) in [6, 6.07) is 11.5. The first-order valence-corrected chi connectivity index (χ1v) is 13.8. The molecule has 5 rings (SSSR count). The molecule has 0 spiro atoms. The van der Waals surface area contributed by atoms with Gasteiger partial charge in [-0.1, -0.05) is 22.9 Å². The van der Waals surface area contributed by atoms with Gasteiger partial charge in [-0.15, -0.1) is 0 Å². The normalized spacial score (nSPS) is 14.8. The minimum absolute atomic E-state index is 0.136. The number of esters is 1. The van der Waals surface area contributed by atoms with E-state index in [0.717, 1.165) is 11.3 Å². The maximum Gasteiger partial charge on any atom is 0.338 e. The molecule has 0 aliphatic carbocycles. The van der Waals surface area contributed by atoms with Crippen LogP contribution in [0.5, 0.6) is 11.5 Å². The number of hydrogen-bond acceptors (Lipinski definition) is 10. The van der Waals surface area contributed by atoms with Gasteiger partial charge in [-0.25, -0.2) is 9.79 Å². The van der Waals surface area contributed by atoms with E-state index in [0.29, 0.717) is 44.6 Å². The number of fused-ring (bicyclic) bond motifs is 1. The van der Waals surface area contributed by atoms with E-state index >= 15 is 0 Å². The van der Waals surface area contributed by atoms with Gasteiger partial charge in [0, 0.05) is 29.3 Å². The molecule has 1 aliphatic rings. The first-order valence-electron chi connectivity index (χ1n) is 12.6. The topological polar surface area (TPSA) is 135 Å². The van der Waals surface area contributed by atoms with Crippen molar-refractivity contribution in [3.8, 4) is 22.8 Å². The fourth-order valence-electron chi connectivity index (χ4n) is 4.66. The van der Waals surface area contributed by atoms with Gasteiger partial charge in [0.1, 0.15) is 29.1 Å². The number of rotatable bonds is 8. The number of furan rings is 1. The van der Waals surface area contributed by atoms with Gasteiger partial charge in [0.2, 0.25) is 0 Å². The summed E-state index contributed by atoms with van der Waals surface area (Å²) in [6.07, 6.45) is 1.54. The van der Waals surface area contributed by atoms with Crippen molar-refractivity contribution < 1.29 is 28.3 Å². The summed E-state index contributed by atoms with van der Waals surface area (Å²) in [5.41, 5.74) is 0.893. The quantitative estimate of drug-likeness (QED) is 0.160. The summed E-state index contributed by atoms with van der Waals surface area (Å²) in [6.45, 7) is 3.52. The number of hydrogen-bond donors (Lipinski definition) is 0. The Labute approximate surface area is 247 Å². The summed E-state index contributed by atoms with van der Waals surface area (Å²) in [4.78, 5) is 42.8. The van der Waals surface area contributed by atoms with Crippen molar-refractivity contribution >= 4 is 40.7 Å².